The summed E-state index contributed by atoms with van der Waals surface area (Å²) in [4.78, 5) is 24.5. The molecule has 0 saturated carbocycles. The third-order valence-electron chi connectivity index (χ3n) is 4.75. The monoisotopic (exact) mass is 469 g/mol. The number of carbonyl (C=O) groups excluding carboxylic acids is 1. The van der Waals surface area contributed by atoms with Crippen LogP contribution < -0.4 is 19.5 Å². The fraction of sp³-hybridized carbons (Fsp3) is 0.667. The summed E-state index contributed by atoms with van der Waals surface area (Å²) in [6.07, 6.45) is 7.81. The Kier molecular flexibility index (Phi) is 14.4. The topological polar surface area (TPSA) is 94.1 Å². The first kappa shape index (κ1) is 27.9. The number of hydrogen-bond acceptors (Lipinski definition) is 6. The fourth-order valence-electron chi connectivity index (χ4n) is 2.77. The van der Waals surface area contributed by atoms with Crippen molar-refractivity contribution in [3.05, 3.63) is 17.7 Å². The molecule has 0 aliphatic heterocycles. The van der Waals surface area contributed by atoms with Gasteiger partial charge in [0.25, 0.3) is 5.91 Å². The summed E-state index contributed by atoms with van der Waals surface area (Å²) in [6, 6.07) is 2.28. The number of carboxylic acids is 1. The molecule has 182 valence electrons. The van der Waals surface area contributed by atoms with Crippen LogP contribution in [0.4, 0.5) is 0 Å². The number of ether oxygens (including phenoxy) is 3. The summed E-state index contributed by atoms with van der Waals surface area (Å²) in [5.74, 6) is 0.511. The first-order valence-corrected chi connectivity index (χ1v) is 13.0. The Morgan fingerprint density at radius 1 is 0.938 bits per heavy atom. The van der Waals surface area contributed by atoms with Crippen molar-refractivity contribution in [1.82, 2.24) is 5.32 Å². The van der Waals surface area contributed by atoms with E-state index in [9.17, 15) is 14.7 Å². The highest BCUT2D eigenvalue weighted by Crippen LogP contribution is 2.39. The zero-order chi connectivity index (χ0) is 23.8. The van der Waals surface area contributed by atoms with Crippen molar-refractivity contribution in [3.8, 4) is 17.2 Å². The molecular formula is C24H39NO6S. The lowest BCUT2D eigenvalue weighted by Crippen LogP contribution is -2.41. The van der Waals surface area contributed by atoms with Gasteiger partial charge in [0.05, 0.1) is 19.8 Å². The zero-order valence-corrected chi connectivity index (χ0v) is 20.7. The van der Waals surface area contributed by atoms with Crippen LogP contribution in [0.25, 0.3) is 0 Å². The molecule has 0 saturated heterocycles. The van der Waals surface area contributed by atoms with E-state index in [0.717, 1.165) is 38.5 Å². The molecule has 0 aromatic heterocycles. The fourth-order valence-corrected chi connectivity index (χ4v) is 3.24. The standard InChI is InChI=1S/C24H39NO6S/c1-5-8-12-29-20-16-18(23(26)25-19(24(27)28)11-15-32-4)17-21(30-13-9-6-2)22(20)31-14-10-7-3/h16-17,19H,5-15H2,1-4H3,(H,25,26)(H,27,28)/t19-/m0/s1. The number of rotatable bonds is 18. The van der Waals surface area contributed by atoms with Crippen molar-refractivity contribution in [2.45, 2.75) is 71.8 Å². The van der Waals surface area contributed by atoms with Crippen LogP contribution in [0, 0.1) is 0 Å². The van der Waals surface area contributed by atoms with E-state index < -0.39 is 17.9 Å². The van der Waals surface area contributed by atoms with Gasteiger partial charge in [0, 0.05) is 5.56 Å². The largest absolute Gasteiger partial charge is 0.490 e. The second-order valence-electron chi connectivity index (χ2n) is 7.55. The first-order chi connectivity index (χ1) is 15.5. The molecule has 1 aromatic carbocycles. The third kappa shape index (κ3) is 10.0. The van der Waals surface area contributed by atoms with Gasteiger partial charge >= 0.3 is 5.97 Å². The number of carboxylic acid groups (broad SMARTS) is 1. The smallest absolute Gasteiger partial charge is 0.326 e. The summed E-state index contributed by atoms with van der Waals surface area (Å²) in [7, 11) is 0. The number of benzene rings is 1. The molecule has 1 aromatic rings. The van der Waals surface area contributed by atoms with Crippen molar-refractivity contribution in [2.75, 3.05) is 31.8 Å². The van der Waals surface area contributed by atoms with Crippen LogP contribution in [0.3, 0.4) is 0 Å². The van der Waals surface area contributed by atoms with Gasteiger partial charge in [-0.2, -0.15) is 11.8 Å². The van der Waals surface area contributed by atoms with Crippen molar-refractivity contribution < 1.29 is 28.9 Å². The van der Waals surface area contributed by atoms with Gasteiger partial charge in [-0.05, 0) is 49.8 Å². The lowest BCUT2D eigenvalue weighted by Gasteiger charge is -2.19. The van der Waals surface area contributed by atoms with Gasteiger partial charge in [0.15, 0.2) is 11.5 Å². The predicted octanol–water partition coefficient (Wildman–Crippen LogP) is 5.16. The lowest BCUT2D eigenvalue weighted by atomic mass is 10.1. The van der Waals surface area contributed by atoms with Crippen molar-refractivity contribution >= 4 is 23.6 Å². The number of hydrogen-bond donors (Lipinski definition) is 2. The Balaban J connectivity index is 3.24. The van der Waals surface area contributed by atoms with Crippen molar-refractivity contribution in [3.63, 3.8) is 0 Å². The average molecular weight is 470 g/mol. The van der Waals surface area contributed by atoms with Gasteiger partial charge < -0.3 is 24.6 Å². The molecule has 0 heterocycles. The van der Waals surface area contributed by atoms with Crippen molar-refractivity contribution in [1.29, 1.82) is 0 Å². The van der Waals surface area contributed by atoms with Gasteiger partial charge in [-0.1, -0.05) is 40.0 Å². The molecular weight excluding hydrogens is 430 g/mol. The van der Waals surface area contributed by atoms with Crippen LogP contribution in [0.15, 0.2) is 12.1 Å². The van der Waals surface area contributed by atoms with E-state index in [-0.39, 0.29) is 0 Å². The van der Waals surface area contributed by atoms with E-state index in [2.05, 4.69) is 26.1 Å². The first-order valence-electron chi connectivity index (χ1n) is 11.6. The van der Waals surface area contributed by atoms with Crippen LogP contribution in [-0.2, 0) is 4.79 Å². The van der Waals surface area contributed by atoms with Gasteiger partial charge in [-0.3, -0.25) is 4.79 Å². The molecule has 2 N–H and O–H groups in total. The van der Waals surface area contributed by atoms with Gasteiger partial charge in [0.2, 0.25) is 5.75 Å². The predicted molar refractivity (Wildman–Crippen MR) is 130 cm³/mol. The third-order valence-corrected chi connectivity index (χ3v) is 5.40. The number of aliphatic carboxylic acids is 1. The number of nitrogens with one attached hydrogen (secondary N) is 1. The summed E-state index contributed by atoms with van der Waals surface area (Å²) in [6.45, 7) is 7.74. The average Bonchev–Trinajstić information content (AvgIpc) is 2.77. The Morgan fingerprint density at radius 3 is 1.88 bits per heavy atom. The SMILES string of the molecule is CCCCOc1cc(C(=O)N[C@@H](CCSC)C(=O)O)cc(OCCCC)c1OCCCC. The molecule has 32 heavy (non-hydrogen) atoms. The van der Waals surface area contributed by atoms with E-state index in [4.69, 9.17) is 14.2 Å². The summed E-state index contributed by atoms with van der Waals surface area (Å²) in [5, 5.41) is 12.1. The maximum Gasteiger partial charge on any atom is 0.326 e. The summed E-state index contributed by atoms with van der Waals surface area (Å²) >= 11 is 1.54. The van der Waals surface area contributed by atoms with Gasteiger partial charge in [-0.15, -0.1) is 0 Å². The summed E-state index contributed by atoms with van der Waals surface area (Å²) < 4.78 is 17.9. The van der Waals surface area contributed by atoms with Crippen LogP contribution >= 0.6 is 11.8 Å². The maximum absolute atomic E-state index is 12.9. The zero-order valence-electron chi connectivity index (χ0n) is 19.9. The molecule has 0 radical (unpaired) electrons. The number of unbranched alkanes of at least 4 members (excludes halogenated alkanes) is 3. The highest BCUT2D eigenvalue weighted by Gasteiger charge is 2.23. The molecule has 1 amide bonds. The molecule has 0 unspecified atom stereocenters. The minimum atomic E-state index is -1.05. The van der Waals surface area contributed by atoms with Crippen LogP contribution in [0.2, 0.25) is 0 Å². The van der Waals surface area contributed by atoms with Gasteiger partial charge in [0.1, 0.15) is 6.04 Å². The highest BCUT2D eigenvalue weighted by atomic mass is 32.2. The number of carbonyl (C=O) groups is 2. The van der Waals surface area contributed by atoms with E-state index >= 15 is 0 Å². The Labute approximate surface area is 196 Å². The minimum Gasteiger partial charge on any atom is -0.490 e. The molecule has 7 nitrogen and oxygen atoms in total. The Hall–Kier alpha value is -2.09. The van der Waals surface area contributed by atoms with Crippen molar-refractivity contribution in [2.24, 2.45) is 0 Å². The van der Waals surface area contributed by atoms with Crippen LogP contribution in [-0.4, -0.2) is 54.9 Å². The van der Waals surface area contributed by atoms with E-state index in [1.54, 1.807) is 12.1 Å². The number of amides is 1. The molecule has 0 aliphatic carbocycles. The van der Waals surface area contributed by atoms with Crippen LogP contribution in [0.1, 0.15) is 76.1 Å². The number of thioether (sulfide) groups is 1. The maximum atomic E-state index is 12.9. The molecule has 0 aliphatic rings. The molecule has 8 heteroatoms. The quantitative estimate of drug-likeness (QED) is 0.287. The van der Waals surface area contributed by atoms with E-state index in [1.165, 1.54) is 11.8 Å². The Morgan fingerprint density at radius 2 is 1.44 bits per heavy atom. The van der Waals surface area contributed by atoms with Gasteiger partial charge in [-0.25, -0.2) is 4.79 Å². The second-order valence-corrected chi connectivity index (χ2v) is 8.54. The van der Waals surface area contributed by atoms with E-state index in [0.29, 0.717) is 54.8 Å². The minimum absolute atomic E-state index is 0.293. The highest BCUT2D eigenvalue weighted by molar-refractivity contribution is 7.98. The summed E-state index contributed by atoms with van der Waals surface area (Å²) in [5.41, 5.74) is 0.293. The second kappa shape index (κ2) is 16.5. The molecule has 1 atom stereocenters. The van der Waals surface area contributed by atoms with Crippen LogP contribution in [0.5, 0.6) is 17.2 Å². The Bertz CT molecular complexity index is 666. The van der Waals surface area contributed by atoms with E-state index in [1.807, 2.05) is 6.26 Å². The lowest BCUT2D eigenvalue weighted by molar-refractivity contribution is -0.139. The molecule has 0 fully saturated rings. The molecule has 0 bridgehead atoms. The normalized spacial score (nSPS) is 11.6. The molecule has 1 rings (SSSR count). The molecule has 0 spiro atoms.